The Morgan fingerprint density at radius 2 is 2.00 bits per heavy atom. The number of hydrogen-bond donors (Lipinski definition) is 2. The number of pyridine rings is 1. The molecule has 6 heteroatoms. The van der Waals surface area contributed by atoms with Crippen molar-refractivity contribution >= 4 is 33.4 Å². The Balaban J connectivity index is 2.22. The number of halogens is 1. The first-order chi connectivity index (χ1) is 9.08. The van der Waals surface area contributed by atoms with Crippen molar-refractivity contribution in [3.8, 4) is 0 Å². The fourth-order valence-corrected chi connectivity index (χ4v) is 1.93. The topological polar surface area (TPSA) is 85.1 Å². The monoisotopic (exact) mass is 319 g/mol. The molecule has 0 atom stereocenters. The lowest BCUT2D eigenvalue weighted by Gasteiger charge is -2.07. The number of nitrogens with zero attached hydrogens (tertiary/aromatic N) is 1. The molecule has 1 aromatic heterocycles. The number of amides is 2. The number of rotatable bonds is 3. The maximum atomic E-state index is 12.0. The molecule has 0 saturated carbocycles. The Bertz CT molecular complexity index is 643. The van der Waals surface area contributed by atoms with Crippen molar-refractivity contribution in [1.29, 1.82) is 0 Å². The Morgan fingerprint density at radius 1 is 1.21 bits per heavy atom. The van der Waals surface area contributed by atoms with E-state index in [4.69, 9.17) is 5.73 Å². The van der Waals surface area contributed by atoms with Crippen molar-refractivity contribution in [2.75, 3.05) is 5.32 Å². The van der Waals surface area contributed by atoms with Gasteiger partial charge < -0.3 is 11.1 Å². The van der Waals surface area contributed by atoms with Crippen LogP contribution in [0.25, 0.3) is 0 Å². The summed E-state index contributed by atoms with van der Waals surface area (Å²) in [5.41, 5.74) is 6.42. The molecule has 3 N–H and O–H groups in total. The zero-order valence-electron chi connectivity index (χ0n) is 9.76. The van der Waals surface area contributed by atoms with Gasteiger partial charge in [-0.2, -0.15) is 0 Å². The molecule has 2 amide bonds. The third-order valence-corrected chi connectivity index (χ3v) is 3.04. The van der Waals surface area contributed by atoms with Crippen molar-refractivity contribution in [3.63, 3.8) is 0 Å². The van der Waals surface area contributed by atoms with E-state index in [1.54, 1.807) is 36.5 Å². The number of nitrogens with two attached hydrogens (primary N) is 1. The lowest BCUT2D eigenvalue weighted by molar-refractivity contribution is 0.0996. The molecule has 0 bridgehead atoms. The number of anilines is 1. The zero-order chi connectivity index (χ0) is 13.8. The smallest absolute Gasteiger partial charge is 0.258 e. The molecule has 19 heavy (non-hydrogen) atoms. The lowest BCUT2D eigenvalue weighted by atomic mass is 10.2. The van der Waals surface area contributed by atoms with E-state index >= 15 is 0 Å². The summed E-state index contributed by atoms with van der Waals surface area (Å²) in [4.78, 5) is 27.0. The molecule has 2 aromatic rings. The van der Waals surface area contributed by atoms with Gasteiger partial charge in [0.25, 0.3) is 5.91 Å². The highest BCUT2D eigenvalue weighted by atomic mass is 79.9. The molecular weight excluding hydrogens is 310 g/mol. The molecule has 0 unspecified atom stereocenters. The average Bonchev–Trinajstić information content (AvgIpc) is 2.39. The molecule has 0 aliphatic carbocycles. The van der Waals surface area contributed by atoms with Gasteiger partial charge in [0.15, 0.2) is 0 Å². The Hall–Kier alpha value is -2.21. The van der Waals surface area contributed by atoms with Crippen LogP contribution >= 0.6 is 15.9 Å². The Morgan fingerprint density at radius 3 is 2.68 bits per heavy atom. The first-order valence-corrected chi connectivity index (χ1v) is 6.19. The van der Waals surface area contributed by atoms with E-state index in [0.29, 0.717) is 21.4 Å². The van der Waals surface area contributed by atoms with Crippen LogP contribution in [-0.2, 0) is 0 Å². The highest BCUT2D eigenvalue weighted by molar-refractivity contribution is 9.10. The van der Waals surface area contributed by atoms with Gasteiger partial charge in [-0.1, -0.05) is 6.07 Å². The van der Waals surface area contributed by atoms with Gasteiger partial charge in [0.1, 0.15) is 4.60 Å². The molecule has 2 rings (SSSR count). The van der Waals surface area contributed by atoms with Crippen LogP contribution in [0, 0.1) is 0 Å². The first-order valence-electron chi connectivity index (χ1n) is 5.39. The average molecular weight is 320 g/mol. The fourth-order valence-electron chi connectivity index (χ4n) is 1.50. The highest BCUT2D eigenvalue weighted by Crippen LogP contribution is 2.16. The van der Waals surface area contributed by atoms with Crippen molar-refractivity contribution in [3.05, 3.63) is 58.3 Å². The number of nitrogens with one attached hydrogen (secondary N) is 1. The maximum absolute atomic E-state index is 12.0. The summed E-state index contributed by atoms with van der Waals surface area (Å²) in [6, 6.07) is 9.73. The Kier molecular flexibility index (Phi) is 3.91. The van der Waals surface area contributed by atoms with Crippen LogP contribution in [0.5, 0.6) is 0 Å². The molecule has 1 aromatic carbocycles. The lowest BCUT2D eigenvalue weighted by Crippen LogP contribution is -2.15. The second-order valence-corrected chi connectivity index (χ2v) is 4.49. The molecule has 96 valence electrons. The number of primary amides is 1. The quantitative estimate of drug-likeness (QED) is 0.850. The van der Waals surface area contributed by atoms with Crippen molar-refractivity contribution in [1.82, 2.24) is 4.98 Å². The Labute approximate surface area is 118 Å². The van der Waals surface area contributed by atoms with Gasteiger partial charge in [0, 0.05) is 17.4 Å². The van der Waals surface area contributed by atoms with Crippen molar-refractivity contribution in [2.24, 2.45) is 5.73 Å². The molecular formula is C13H10BrN3O2. The van der Waals surface area contributed by atoms with Crippen molar-refractivity contribution < 1.29 is 9.59 Å². The van der Waals surface area contributed by atoms with Crippen LogP contribution in [0.3, 0.4) is 0 Å². The SMILES string of the molecule is NC(=O)c1cccc(NC(=O)c2cccnc2Br)c1. The highest BCUT2D eigenvalue weighted by Gasteiger charge is 2.11. The number of benzene rings is 1. The van der Waals surface area contributed by atoms with Gasteiger partial charge in [0.2, 0.25) is 5.91 Å². The predicted octanol–water partition coefficient (Wildman–Crippen LogP) is 2.20. The van der Waals surface area contributed by atoms with E-state index in [2.05, 4.69) is 26.2 Å². The van der Waals surface area contributed by atoms with E-state index in [0.717, 1.165) is 0 Å². The molecule has 0 fully saturated rings. The van der Waals surface area contributed by atoms with E-state index in [9.17, 15) is 9.59 Å². The summed E-state index contributed by atoms with van der Waals surface area (Å²) in [6.45, 7) is 0. The summed E-state index contributed by atoms with van der Waals surface area (Å²) in [5.74, 6) is -0.861. The van der Waals surface area contributed by atoms with Crippen LogP contribution in [0.15, 0.2) is 47.2 Å². The summed E-state index contributed by atoms with van der Waals surface area (Å²) in [5, 5.41) is 2.68. The van der Waals surface area contributed by atoms with Crippen LogP contribution in [0.4, 0.5) is 5.69 Å². The molecule has 0 aliphatic heterocycles. The number of hydrogen-bond acceptors (Lipinski definition) is 3. The van der Waals surface area contributed by atoms with Crippen LogP contribution < -0.4 is 11.1 Å². The summed E-state index contributed by atoms with van der Waals surface area (Å²) >= 11 is 3.20. The van der Waals surface area contributed by atoms with Gasteiger partial charge in [-0.25, -0.2) is 4.98 Å². The summed E-state index contributed by atoms with van der Waals surface area (Å²) in [6.07, 6.45) is 1.58. The molecule has 0 spiro atoms. The summed E-state index contributed by atoms with van der Waals surface area (Å²) in [7, 11) is 0. The van der Waals surface area contributed by atoms with Gasteiger partial charge in [0.05, 0.1) is 5.56 Å². The zero-order valence-corrected chi connectivity index (χ0v) is 11.3. The number of carbonyl (C=O) groups excluding carboxylic acids is 2. The van der Waals surface area contributed by atoms with E-state index in [1.165, 1.54) is 6.07 Å². The van der Waals surface area contributed by atoms with Crippen LogP contribution in [-0.4, -0.2) is 16.8 Å². The van der Waals surface area contributed by atoms with Crippen LogP contribution in [0.1, 0.15) is 20.7 Å². The van der Waals surface area contributed by atoms with E-state index < -0.39 is 5.91 Å². The standard InChI is InChI=1S/C13H10BrN3O2/c14-11-10(5-2-6-16-11)13(19)17-9-4-1-3-8(7-9)12(15)18/h1-7H,(H2,15,18)(H,17,19). The fraction of sp³-hybridized carbons (Fsp3) is 0. The largest absolute Gasteiger partial charge is 0.366 e. The molecule has 0 aliphatic rings. The second kappa shape index (κ2) is 5.62. The molecule has 1 heterocycles. The normalized spacial score (nSPS) is 9.95. The third-order valence-electron chi connectivity index (χ3n) is 2.41. The maximum Gasteiger partial charge on any atom is 0.258 e. The first kappa shape index (κ1) is 13.2. The number of aromatic nitrogens is 1. The van der Waals surface area contributed by atoms with Gasteiger partial charge >= 0.3 is 0 Å². The summed E-state index contributed by atoms with van der Waals surface area (Å²) < 4.78 is 0.457. The van der Waals surface area contributed by atoms with Crippen LogP contribution in [0.2, 0.25) is 0 Å². The number of carbonyl (C=O) groups is 2. The molecule has 5 nitrogen and oxygen atoms in total. The predicted molar refractivity (Wildman–Crippen MR) is 74.9 cm³/mol. The van der Waals surface area contributed by atoms with Gasteiger partial charge in [-0.3, -0.25) is 9.59 Å². The van der Waals surface area contributed by atoms with Crippen molar-refractivity contribution in [2.45, 2.75) is 0 Å². The third kappa shape index (κ3) is 3.17. The second-order valence-electron chi connectivity index (χ2n) is 3.74. The van der Waals surface area contributed by atoms with Gasteiger partial charge in [-0.05, 0) is 46.3 Å². The van der Waals surface area contributed by atoms with E-state index in [1.807, 2.05) is 0 Å². The van der Waals surface area contributed by atoms with Gasteiger partial charge in [-0.15, -0.1) is 0 Å². The molecule has 0 radical (unpaired) electrons. The molecule has 0 saturated heterocycles. The minimum atomic E-state index is -0.543. The minimum Gasteiger partial charge on any atom is -0.366 e. The minimum absolute atomic E-state index is 0.318. The van der Waals surface area contributed by atoms with E-state index in [-0.39, 0.29) is 5.91 Å².